The third-order valence-electron chi connectivity index (χ3n) is 4.39. The summed E-state index contributed by atoms with van der Waals surface area (Å²) in [5, 5.41) is 7.18. The van der Waals surface area contributed by atoms with Gasteiger partial charge in [-0.3, -0.25) is 4.79 Å². The first-order valence-corrected chi connectivity index (χ1v) is 8.06. The predicted octanol–water partition coefficient (Wildman–Crippen LogP) is 0.817. The number of piperidine rings is 1. The Balaban J connectivity index is 1.48. The lowest BCUT2D eigenvalue weighted by molar-refractivity contribution is 0.0927. The van der Waals surface area contributed by atoms with Crippen LogP contribution in [0.4, 0.5) is 0 Å². The lowest BCUT2D eigenvalue weighted by Crippen LogP contribution is -2.39. The number of hydrogen-bond acceptors (Lipinski definition) is 5. The van der Waals surface area contributed by atoms with Crippen LogP contribution < -0.4 is 5.32 Å². The summed E-state index contributed by atoms with van der Waals surface area (Å²) in [5.41, 5.74) is 1.13. The first-order valence-electron chi connectivity index (χ1n) is 8.06. The van der Waals surface area contributed by atoms with Gasteiger partial charge in [0.05, 0.1) is 12.8 Å². The molecule has 23 heavy (non-hydrogen) atoms. The topological polar surface area (TPSA) is 71.8 Å². The molecule has 1 aliphatic heterocycles. The van der Waals surface area contributed by atoms with E-state index in [4.69, 9.17) is 4.74 Å². The Labute approximate surface area is 135 Å². The predicted molar refractivity (Wildman–Crippen MR) is 86.4 cm³/mol. The van der Waals surface area contributed by atoms with Crippen molar-refractivity contribution in [1.29, 1.82) is 0 Å². The van der Waals surface area contributed by atoms with E-state index in [0.29, 0.717) is 23.7 Å². The summed E-state index contributed by atoms with van der Waals surface area (Å²) in [6.07, 6.45) is 7.25. The number of nitrogens with one attached hydrogen (secondary N) is 1. The number of rotatable bonds is 6. The molecular weight excluding hydrogens is 294 g/mol. The summed E-state index contributed by atoms with van der Waals surface area (Å²) in [5.74, 6) is 0.438. The Morgan fingerprint density at radius 3 is 3.04 bits per heavy atom. The molecule has 0 unspecified atom stereocenters. The first-order chi connectivity index (χ1) is 11.3. The highest BCUT2D eigenvalue weighted by molar-refractivity contribution is 5.99. The molecule has 0 bridgehead atoms. The van der Waals surface area contributed by atoms with Gasteiger partial charge in [0.25, 0.3) is 5.91 Å². The van der Waals surface area contributed by atoms with Crippen molar-refractivity contribution >= 4 is 11.6 Å². The monoisotopic (exact) mass is 317 g/mol. The highest BCUT2D eigenvalue weighted by Gasteiger charge is 2.20. The van der Waals surface area contributed by atoms with Crippen LogP contribution in [0.2, 0.25) is 0 Å². The minimum atomic E-state index is -0.0967. The first kappa shape index (κ1) is 15.9. The Morgan fingerprint density at radius 1 is 1.43 bits per heavy atom. The van der Waals surface area contributed by atoms with Crippen LogP contribution >= 0.6 is 0 Å². The number of amides is 1. The molecule has 0 saturated carbocycles. The quantitative estimate of drug-likeness (QED) is 0.854. The van der Waals surface area contributed by atoms with E-state index in [2.05, 4.69) is 20.3 Å². The summed E-state index contributed by atoms with van der Waals surface area (Å²) < 4.78 is 6.73. The standard InChI is InChI=1S/C16H23N5O2/c1-23-10-9-20-7-3-13(4-8-20)11-18-16(22)14-12-19-21-6-2-5-17-15(14)21/h2,5-6,12-13H,3-4,7-11H2,1H3,(H,18,22). The summed E-state index contributed by atoms with van der Waals surface area (Å²) >= 11 is 0. The van der Waals surface area contributed by atoms with Gasteiger partial charge in [-0.1, -0.05) is 0 Å². The molecule has 1 amide bonds. The highest BCUT2D eigenvalue weighted by Crippen LogP contribution is 2.16. The second-order valence-corrected chi connectivity index (χ2v) is 5.93. The van der Waals surface area contributed by atoms with Gasteiger partial charge in [-0.2, -0.15) is 5.10 Å². The smallest absolute Gasteiger partial charge is 0.256 e. The normalized spacial score (nSPS) is 16.7. The van der Waals surface area contributed by atoms with Crippen molar-refractivity contribution in [2.24, 2.45) is 5.92 Å². The molecule has 7 nitrogen and oxygen atoms in total. The number of carbonyl (C=O) groups is 1. The lowest BCUT2D eigenvalue weighted by Gasteiger charge is -2.31. The van der Waals surface area contributed by atoms with Crippen molar-refractivity contribution in [2.75, 3.05) is 39.9 Å². The molecule has 2 aromatic rings. The average Bonchev–Trinajstić information content (AvgIpc) is 3.03. The highest BCUT2D eigenvalue weighted by atomic mass is 16.5. The molecule has 0 aliphatic carbocycles. The molecule has 124 valence electrons. The van der Waals surface area contributed by atoms with E-state index in [-0.39, 0.29) is 5.91 Å². The fourth-order valence-electron chi connectivity index (χ4n) is 2.95. The fourth-order valence-corrected chi connectivity index (χ4v) is 2.95. The van der Waals surface area contributed by atoms with E-state index in [9.17, 15) is 4.79 Å². The Kier molecular flexibility index (Phi) is 5.19. The van der Waals surface area contributed by atoms with E-state index in [1.165, 1.54) is 0 Å². The second kappa shape index (κ2) is 7.52. The zero-order valence-corrected chi connectivity index (χ0v) is 13.4. The van der Waals surface area contributed by atoms with Crippen LogP contribution in [-0.4, -0.2) is 65.3 Å². The maximum Gasteiger partial charge on any atom is 0.256 e. The zero-order valence-electron chi connectivity index (χ0n) is 13.4. The van der Waals surface area contributed by atoms with Crippen LogP contribution in [0, 0.1) is 5.92 Å². The molecule has 1 saturated heterocycles. The molecule has 0 atom stereocenters. The lowest BCUT2D eigenvalue weighted by atomic mass is 9.97. The molecule has 2 aromatic heterocycles. The van der Waals surface area contributed by atoms with Gasteiger partial charge in [0.1, 0.15) is 5.56 Å². The second-order valence-electron chi connectivity index (χ2n) is 5.93. The number of nitrogens with zero attached hydrogens (tertiary/aromatic N) is 4. The molecule has 0 aromatic carbocycles. The number of hydrogen-bond donors (Lipinski definition) is 1. The minimum Gasteiger partial charge on any atom is -0.383 e. The van der Waals surface area contributed by atoms with E-state index < -0.39 is 0 Å². The Morgan fingerprint density at radius 2 is 2.26 bits per heavy atom. The zero-order chi connectivity index (χ0) is 16.1. The van der Waals surface area contributed by atoms with Gasteiger partial charge in [-0.25, -0.2) is 9.50 Å². The van der Waals surface area contributed by atoms with Crippen molar-refractivity contribution < 1.29 is 9.53 Å². The van der Waals surface area contributed by atoms with Crippen molar-refractivity contribution in [2.45, 2.75) is 12.8 Å². The van der Waals surface area contributed by atoms with Crippen molar-refractivity contribution in [3.05, 3.63) is 30.2 Å². The SMILES string of the molecule is COCCN1CCC(CNC(=O)c2cnn3cccnc23)CC1. The third kappa shape index (κ3) is 3.86. The number of carbonyl (C=O) groups excluding carboxylic acids is 1. The molecule has 7 heteroatoms. The largest absolute Gasteiger partial charge is 0.383 e. The molecule has 1 N–H and O–H groups in total. The van der Waals surface area contributed by atoms with Crippen molar-refractivity contribution in [3.8, 4) is 0 Å². The van der Waals surface area contributed by atoms with Gasteiger partial charge in [0.15, 0.2) is 5.65 Å². The maximum absolute atomic E-state index is 12.3. The Hall–Kier alpha value is -1.99. The number of aromatic nitrogens is 3. The number of ether oxygens (including phenoxy) is 1. The van der Waals surface area contributed by atoms with Gasteiger partial charge < -0.3 is 15.0 Å². The van der Waals surface area contributed by atoms with Crippen molar-refractivity contribution in [1.82, 2.24) is 24.8 Å². The van der Waals surface area contributed by atoms with Crippen LogP contribution in [-0.2, 0) is 4.74 Å². The Bertz CT molecular complexity index is 649. The molecule has 1 fully saturated rings. The van der Waals surface area contributed by atoms with Gasteiger partial charge in [0, 0.05) is 32.6 Å². The molecule has 0 radical (unpaired) electrons. The molecule has 1 aliphatic rings. The van der Waals surface area contributed by atoms with Gasteiger partial charge >= 0.3 is 0 Å². The van der Waals surface area contributed by atoms with E-state index in [1.807, 2.05) is 0 Å². The average molecular weight is 317 g/mol. The number of fused-ring (bicyclic) bond motifs is 1. The molecule has 3 heterocycles. The number of likely N-dealkylation sites (tertiary alicyclic amines) is 1. The van der Waals surface area contributed by atoms with Crippen LogP contribution in [0.25, 0.3) is 5.65 Å². The van der Waals surface area contributed by atoms with Gasteiger partial charge in [-0.15, -0.1) is 0 Å². The van der Waals surface area contributed by atoms with Gasteiger partial charge in [0.2, 0.25) is 0 Å². The minimum absolute atomic E-state index is 0.0967. The van der Waals surface area contributed by atoms with E-state index in [0.717, 1.165) is 39.1 Å². The number of methoxy groups -OCH3 is 1. The molecule has 3 rings (SSSR count). The van der Waals surface area contributed by atoms with Crippen LogP contribution in [0.15, 0.2) is 24.7 Å². The molecular formula is C16H23N5O2. The summed E-state index contributed by atoms with van der Waals surface area (Å²) in [7, 11) is 1.73. The van der Waals surface area contributed by atoms with Crippen LogP contribution in [0.5, 0.6) is 0 Å². The van der Waals surface area contributed by atoms with Crippen molar-refractivity contribution in [3.63, 3.8) is 0 Å². The summed E-state index contributed by atoms with van der Waals surface area (Å²) in [6.45, 7) is 4.62. The summed E-state index contributed by atoms with van der Waals surface area (Å²) in [6, 6.07) is 1.79. The van der Waals surface area contributed by atoms with Crippen LogP contribution in [0.3, 0.4) is 0 Å². The molecule has 0 spiro atoms. The van der Waals surface area contributed by atoms with E-state index >= 15 is 0 Å². The maximum atomic E-state index is 12.3. The third-order valence-corrected chi connectivity index (χ3v) is 4.39. The fraction of sp³-hybridized carbons (Fsp3) is 0.562. The van der Waals surface area contributed by atoms with Crippen LogP contribution in [0.1, 0.15) is 23.2 Å². The van der Waals surface area contributed by atoms with Gasteiger partial charge in [-0.05, 0) is 37.9 Å². The van der Waals surface area contributed by atoms with E-state index in [1.54, 1.807) is 36.3 Å². The summed E-state index contributed by atoms with van der Waals surface area (Å²) in [4.78, 5) is 19.0.